The van der Waals surface area contributed by atoms with Gasteiger partial charge in [0.15, 0.2) is 0 Å². The number of allylic oxidation sites excluding steroid dienone is 1. The SMILES string of the molecule is C=Cc1c(C(=C)C)/c(=C\C)c2cccc(C)c2/c1=C\C. The van der Waals surface area contributed by atoms with Crippen molar-refractivity contribution in [2.24, 2.45) is 0 Å². The van der Waals surface area contributed by atoms with Gasteiger partial charge in [0.1, 0.15) is 0 Å². The largest absolute Gasteiger partial charge is 0.0984 e. The summed E-state index contributed by atoms with van der Waals surface area (Å²) in [5, 5.41) is 5.14. The number of aryl methyl sites for hydroxylation is 1. The zero-order valence-electron chi connectivity index (χ0n) is 12.9. The maximum atomic E-state index is 4.17. The van der Waals surface area contributed by atoms with E-state index in [4.69, 9.17) is 0 Å². The minimum atomic E-state index is 1.08. The summed E-state index contributed by atoms with van der Waals surface area (Å²) in [7, 11) is 0. The first-order valence-electron chi connectivity index (χ1n) is 7.03. The van der Waals surface area contributed by atoms with Crippen LogP contribution in [0.2, 0.25) is 0 Å². The number of hydrogen-bond donors (Lipinski definition) is 0. The highest BCUT2D eigenvalue weighted by atomic mass is 14.1. The molecule has 0 unspecified atom stereocenters. The minimum absolute atomic E-state index is 1.08. The van der Waals surface area contributed by atoms with Gasteiger partial charge in [-0.05, 0) is 71.2 Å². The Morgan fingerprint density at radius 2 is 1.75 bits per heavy atom. The topological polar surface area (TPSA) is 0 Å². The van der Waals surface area contributed by atoms with E-state index in [0.717, 1.165) is 5.57 Å². The first kappa shape index (κ1) is 14.3. The van der Waals surface area contributed by atoms with Crippen LogP contribution >= 0.6 is 0 Å². The van der Waals surface area contributed by atoms with Crippen molar-refractivity contribution in [3.05, 3.63) is 58.5 Å². The molecule has 0 N–H and O–H groups in total. The molecule has 0 saturated carbocycles. The van der Waals surface area contributed by atoms with Gasteiger partial charge in [0.25, 0.3) is 0 Å². The molecule has 0 aliphatic rings. The van der Waals surface area contributed by atoms with E-state index < -0.39 is 0 Å². The smallest absolute Gasteiger partial charge is 0.00731 e. The molecule has 0 heterocycles. The molecule has 0 amide bonds. The summed E-state index contributed by atoms with van der Waals surface area (Å²) in [5.41, 5.74) is 4.79. The zero-order chi connectivity index (χ0) is 14.9. The van der Waals surface area contributed by atoms with Crippen molar-refractivity contribution in [1.29, 1.82) is 0 Å². The van der Waals surface area contributed by atoms with Crippen molar-refractivity contribution in [3.63, 3.8) is 0 Å². The van der Waals surface area contributed by atoms with Crippen LogP contribution < -0.4 is 10.4 Å². The van der Waals surface area contributed by atoms with E-state index in [2.05, 4.69) is 71.2 Å². The fraction of sp³-hybridized carbons (Fsp3) is 0.200. The standard InChI is InChI=1S/C20H22/c1-7-15-16(8-2)20-14(6)11-10-12-18(20)17(9-3)19(15)13(4)5/h7-12H,1,4H2,2-3,5-6H3/b16-8-,17-9-. The summed E-state index contributed by atoms with van der Waals surface area (Å²) in [6, 6.07) is 6.49. The van der Waals surface area contributed by atoms with E-state index in [1.54, 1.807) is 0 Å². The normalized spacial score (nSPS) is 13.0. The van der Waals surface area contributed by atoms with Gasteiger partial charge in [0.05, 0.1) is 0 Å². The molecular weight excluding hydrogens is 240 g/mol. The van der Waals surface area contributed by atoms with Crippen LogP contribution in [0.1, 0.15) is 37.5 Å². The molecule has 0 nitrogen and oxygen atoms in total. The van der Waals surface area contributed by atoms with Crippen LogP contribution in [0.3, 0.4) is 0 Å². The van der Waals surface area contributed by atoms with E-state index >= 15 is 0 Å². The van der Waals surface area contributed by atoms with Crippen LogP contribution in [0.25, 0.3) is 34.6 Å². The molecule has 102 valence electrons. The molecule has 0 fully saturated rings. The van der Waals surface area contributed by atoms with E-state index in [1.165, 1.54) is 37.9 Å². The second-order valence-electron chi connectivity index (χ2n) is 5.18. The molecule has 0 saturated heterocycles. The van der Waals surface area contributed by atoms with Gasteiger partial charge in [-0.2, -0.15) is 0 Å². The molecule has 0 atom stereocenters. The van der Waals surface area contributed by atoms with Gasteiger partial charge in [-0.15, -0.1) is 0 Å². The molecule has 2 rings (SSSR count). The molecule has 20 heavy (non-hydrogen) atoms. The highest BCUT2D eigenvalue weighted by molar-refractivity contribution is 5.94. The van der Waals surface area contributed by atoms with E-state index in [9.17, 15) is 0 Å². The van der Waals surface area contributed by atoms with Gasteiger partial charge in [0, 0.05) is 0 Å². The van der Waals surface area contributed by atoms with Crippen molar-refractivity contribution < 1.29 is 0 Å². The van der Waals surface area contributed by atoms with Crippen molar-refractivity contribution >= 4 is 34.6 Å². The van der Waals surface area contributed by atoms with Gasteiger partial charge in [0.2, 0.25) is 0 Å². The average molecular weight is 262 g/mol. The number of benzene rings is 2. The van der Waals surface area contributed by atoms with Gasteiger partial charge in [-0.1, -0.05) is 49.6 Å². The Kier molecular flexibility index (Phi) is 3.94. The van der Waals surface area contributed by atoms with Crippen LogP contribution in [-0.4, -0.2) is 0 Å². The van der Waals surface area contributed by atoms with E-state index in [1.807, 2.05) is 6.08 Å². The second kappa shape index (κ2) is 5.50. The van der Waals surface area contributed by atoms with E-state index in [0.29, 0.717) is 0 Å². The summed E-state index contributed by atoms with van der Waals surface area (Å²) >= 11 is 0. The molecule has 0 bridgehead atoms. The highest BCUT2D eigenvalue weighted by Crippen LogP contribution is 2.19. The molecule has 0 radical (unpaired) electrons. The molecule has 2 aromatic rings. The number of rotatable bonds is 2. The van der Waals surface area contributed by atoms with Gasteiger partial charge < -0.3 is 0 Å². The molecule has 0 heteroatoms. The molecule has 0 aromatic heterocycles. The summed E-state index contributed by atoms with van der Waals surface area (Å²) in [6.45, 7) is 16.6. The lowest BCUT2D eigenvalue weighted by molar-refractivity contribution is 1.44. The monoisotopic (exact) mass is 262 g/mol. The second-order valence-corrected chi connectivity index (χ2v) is 5.18. The van der Waals surface area contributed by atoms with Crippen LogP contribution in [0.15, 0.2) is 31.4 Å². The molecule has 0 aliphatic heterocycles. The lowest BCUT2D eigenvalue weighted by atomic mass is 9.89. The van der Waals surface area contributed by atoms with Gasteiger partial charge in [-0.25, -0.2) is 0 Å². The summed E-state index contributed by atoms with van der Waals surface area (Å²) in [4.78, 5) is 0. The Hall–Kier alpha value is -2.08. The first-order chi connectivity index (χ1) is 9.56. The predicted molar refractivity (Wildman–Crippen MR) is 93.0 cm³/mol. The maximum Gasteiger partial charge on any atom is -0.00731 e. The zero-order valence-corrected chi connectivity index (χ0v) is 12.9. The molecule has 2 aromatic carbocycles. The Balaban J connectivity index is 3.33. The quantitative estimate of drug-likeness (QED) is 0.751. The van der Waals surface area contributed by atoms with Crippen LogP contribution in [0.4, 0.5) is 0 Å². The number of fused-ring (bicyclic) bond motifs is 1. The molecular formula is C20H22. The summed E-state index contributed by atoms with van der Waals surface area (Å²) in [5.74, 6) is 0. The predicted octanol–water partition coefficient (Wildman–Crippen LogP) is 4.43. The van der Waals surface area contributed by atoms with Crippen molar-refractivity contribution in [2.75, 3.05) is 0 Å². The van der Waals surface area contributed by atoms with E-state index in [-0.39, 0.29) is 0 Å². The lowest BCUT2D eigenvalue weighted by Crippen LogP contribution is -2.21. The Morgan fingerprint density at radius 1 is 1.10 bits per heavy atom. The van der Waals surface area contributed by atoms with Crippen molar-refractivity contribution in [3.8, 4) is 0 Å². The first-order valence-corrected chi connectivity index (χ1v) is 7.03. The Labute approximate surface area is 121 Å². The van der Waals surface area contributed by atoms with Crippen molar-refractivity contribution in [1.82, 2.24) is 0 Å². The van der Waals surface area contributed by atoms with Crippen LogP contribution in [0, 0.1) is 6.92 Å². The lowest BCUT2D eigenvalue weighted by Gasteiger charge is -2.14. The Morgan fingerprint density at radius 3 is 2.25 bits per heavy atom. The summed E-state index contributed by atoms with van der Waals surface area (Å²) < 4.78 is 0. The van der Waals surface area contributed by atoms with Gasteiger partial charge >= 0.3 is 0 Å². The third kappa shape index (κ3) is 2.02. The Bertz CT molecular complexity index is 817. The third-order valence-electron chi connectivity index (χ3n) is 3.87. The average Bonchev–Trinajstić information content (AvgIpc) is 2.44. The number of hydrogen-bond acceptors (Lipinski definition) is 0. The molecule has 0 spiro atoms. The van der Waals surface area contributed by atoms with Crippen molar-refractivity contribution in [2.45, 2.75) is 27.7 Å². The van der Waals surface area contributed by atoms with Crippen LogP contribution in [-0.2, 0) is 0 Å². The van der Waals surface area contributed by atoms with Crippen LogP contribution in [0.5, 0.6) is 0 Å². The van der Waals surface area contributed by atoms with Gasteiger partial charge in [-0.3, -0.25) is 0 Å². The fourth-order valence-electron chi connectivity index (χ4n) is 3.07. The summed E-state index contributed by atoms with van der Waals surface area (Å²) in [6.07, 6.45) is 6.31. The maximum absolute atomic E-state index is 4.17. The fourth-order valence-corrected chi connectivity index (χ4v) is 3.07. The highest BCUT2D eigenvalue weighted by Gasteiger charge is 2.11. The third-order valence-corrected chi connectivity index (χ3v) is 3.87. The minimum Gasteiger partial charge on any atom is -0.0984 e. The molecule has 0 aliphatic carbocycles.